The Morgan fingerprint density at radius 3 is 2.55 bits per heavy atom. The fourth-order valence-corrected chi connectivity index (χ4v) is 0.404. The van der Waals surface area contributed by atoms with Crippen molar-refractivity contribution in [3.05, 3.63) is 12.7 Å². The van der Waals surface area contributed by atoms with E-state index in [9.17, 15) is 4.79 Å². The summed E-state index contributed by atoms with van der Waals surface area (Å²) in [5.74, 6) is 0. The molecular weight excluding hydrogens is 144 g/mol. The number of carbonyl (C=O) groups excluding carboxylic acids is 1. The molecule has 0 N–H and O–H groups in total. The van der Waals surface area contributed by atoms with E-state index < -0.39 is 11.8 Å². The summed E-state index contributed by atoms with van der Waals surface area (Å²) in [6.45, 7) is 9.03. The van der Waals surface area contributed by atoms with Gasteiger partial charge in [-0.2, -0.15) is 0 Å². The predicted molar refractivity (Wildman–Crippen MR) is 42.4 cm³/mol. The van der Waals surface area contributed by atoms with Crippen LogP contribution >= 0.6 is 0 Å². The number of carbonyl (C=O) groups is 1. The van der Waals surface area contributed by atoms with E-state index in [0.29, 0.717) is 6.61 Å². The summed E-state index contributed by atoms with van der Waals surface area (Å²) in [5.41, 5.74) is -0.647. The van der Waals surface area contributed by atoms with E-state index in [1.165, 1.54) is 0 Å². The van der Waals surface area contributed by atoms with Crippen LogP contribution in [-0.4, -0.2) is 18.4 Å². The molecule has 0 aliphatic heterocycles. The molecule has 0 saturated heterocycles. The largest absolute Gasteiger partial charge is 0.509 e. The van der Waals surface area contributed by atoms with Gasteiger partial charge in [0.1, 0.15) is 5.60 Å². The Kier molecular flexibility index (Phi) is 3.65. The number of hydrogen-bond acceptors (Lipinski definition) is 3. The maximum Gasteiger partial charge on any atom is 0.509 e. The molecule has 0 amide bonds. The van der Waals surface area contributed by atoms with Crippen molar-refractivity contribution < 1.29 is 14.3 Å². The van der Waals surface area contributed by atoms with Gasteiger partial charge in [0.05, 0.1) is 6.61 Å². The molecule has 0 bridgehead atoms. The standard InChI is InChI=1S/C8H14O3/c1-5-8(3,4)11-7(9)10-6-2/h5H,1,6H2,2-4H3. The van der Waals surface area contributed by atoms with Crippen molar-refractivity contribution in [3.63, 3.8) is 0 Å². The van der Waals surface area contributed by atoms with Crippen molar-refractivity contribution >= 4 is 6.16 Å². The first-order chi connectivity index (χ1) is 5.02. The summed E-state index contributed by atoms with van der Waals surface area (Å²) in [4.78, 5) is 10.7. The van der Waals surface area contributed by atoms with Gasteiger partial charge in [-0.05, 0) is 26.8 Å². The summed E-state index contributed by atoms with van der Waals surface area (Å²) in [5, 5.41) is 0. The van der Waals surface area contributed by atoms with Gasteiger partial charge in [-0.25, -0.2) is 4.79 Å². The van der Waals surface area contributed by atoms with Crippen LogP contribution in [0.1, 0.15) is 20.8 Å². The molecule has 0 heterocycles. The number of ether oxygens (including phenoxy) is 2. The van der Waals surface area contributed by atoms with Crippen LogP contribution < -0.4 is 0 Å². The Labute approximate surface area is 67.0 Å². The van der Waals surface area contributed by atoms with Crippen LogP contribution in [0.4, 0.5) is 4.79 Å². The first-order valence-electron chi connectivity index (χ1n) is 3.51. The molecular formula is C8H14O3. The van der Waals surface area contributed by atoms with Crippen LogP contribution in [0.25, 0.3) is 0 Å². The second-order valence-corrected chi connectivity index (χ2v) is 2.59. The van der Waals surface area contributed by atoms with E-state index >= 15 is 0 Å². The van der Waals surface area contributed by atoms with Crippen molar-refractivity contribution in [2.24, 2.45) is 0 Å². The van der Waals surface area contributed by atoms with E-state index in [1.54, 1.807) is 26.8 Å². The quantitative estimate of drug-likeness (QED) is 0.466. The SMILES string of the molecule is C=CC(C)(C)OC(=O)OCC. The van der Waals surface area contributed by atoms with Crippen LogP contribution in [0.3, 0.4) is 0 Å². The highest BCUT2D eigenvalue weighted by molar-refractivity contribution is 5.60. The topological polar surface area (TPSA) is 35.5 Å². The van der Waals surface area contributed by atoms with E-state index in [1.807, 2.05) is 0 Å². The summed E-state index contributed by atoms with van der Waals surface area (Å²) >= 11 is 0. The molecule has 64 valence electrons. The molecule has 0 spiro atoms. The third-order valence-electron chi connectivity index (χ3n) is 1.10. The Hall–Kier alpha value is -0.990. The molecule has 0 radical (unpaired) electrons. The maximum atomic E-state index is 10.7. The fraction of sp³-hybridized carbons (Fsp3) is 0.625. The lowest BCUT2D eigenvalue weighted by Crippen LogP contribution is -2.25. The first-order valence-corrected chi connectivity index (χ1v) is 3.51. The Balaban J connectivity index is 3.83. The zero-order chi connectivity index (χ0) is 8.91. The molecule has 0 aromatic heterocycles. The van der Waals surface area contributed by atoms with Gasteiger partial charge in [0.15, 0.2) is 0 Å². The Morgan fingerprint density at radius 2 is 2.18 bits per heavy atom. The van der Waals surface area contributed by atoms with Gasteiger partial charge >= 0.3 is 6.16 Å². The summed E-state index contributed by atoms with van der Waals surface area (Å²) < 4.78 is 9.42. The Bertz CT molecular complexity index is 149. The van der Waals surface area contributed by atoms with Crippen LogP contribution in [0.15, 0.2) is 12.7 Å². The van der Waals surface area contributed by atoms with Gasteiger partial charge < -0.3 is 9.47 Å². The molecule has 0 aliphatic carbocycles. The molecule has 0 unspecified atom stereocenters. The van der Waals surface area contributed by atoms with E-state index in [4.69, 9.17) is 4.74 Å². The lowest BCUT2D eigenvalue weighted by Gasteiger charge is -2.19. The first kappa shape index (κ1) is 10.0. The van der Waals surface area contributed by atoms with Crippen LogP contribution in [-0.2, 0) is 9.47 Å². The van der Waals surface area contributed by atoms with E-state index in [-0.39, 0.29) is 0 Å². The molecule has 0 atom stereocenters. The van der Waals surface area contributed by atoms with Gasteiger partial charge in [0, 0.05) is 0 Å². The lowest BCUT2D eigenvalue weighted by atomic mass is 10.1. The monoisotopic (exact) mass is 158 g/mol. The third kappa shape index (κ3) is 4.42. The molecule has 0 fully saturated rings. The van der Waals surface area contributed by atoms with Gasteiger partial charge in [-0.15, -0.1) is 0 Å². The fourth-order valence-electron chi connectivity index (χ4n) is 0.404. The molecule has 0 rings (SSSR count). The zero-order valence-electron chi connectivity index (χ0n) is 7.22. The summed E-state index contributed by atoms with van der Waals surface area (Å²) in [6.07, 6.45) is 0.890. The molecule has 3 heteroatoms. The third-order valence-corrected chi connectivity index (χ3v) is 1.10. The van der Waals surface area contributed by atoms with Crippen molar-refractivity contribution in [1.82, 2.24) is 0 Å². The molecule has 0 saturated carbocycles. The highest BCUT2D eigenvalue weighted by Gasteiger charge is 2.18. The summed E-state index contributed by atoms with van der Waals surface area (Å²) in [6, 6.07) is 0. The van der Waals surface area contributed by atoms with Crippen molar-refractivity contribution in [2.75, 3.05) is 6.61 Å². The highest BCUT2D eigenvalue weighted by atomic mass is 16.7. The second kappa shape index (κ2) is 4.01. The second-order valence-electron chi connectivity index (χ2n) is 2.59. The van der Waals surface area contributed by atoms with E-state index in [0.717, 1.165) is 0 Å². The molecule has 0 aromatic carbocycles. The van der Waals surface area contributed by atoms with Crippen molar-refractivity contribution in [1.29, 1.82) is 0 Å². The molecule has 0 aromatic rings. The number of hydrogen-bond donors (Lipinski definition) is 0. The maximum absolute atomic E-state index is 10.7. The lowest BCUT2D eigenvalue weighted by molar-refractivity contribution is 0.00852. The van der Waals surface area contributed by atoms with Gasteiger partial charge in [0.25, 0.3) is 0 Å². The molecule has 3 nitrogen and oxygen atoms in total. The minimum atomic E-state index is -0.655. The highest BCUT2D eigenvalue weighted by Crippen LogP contribution is 2.10. The van der Waals surface area contributed by atoms with Gasteiger partial charge in [0.2, 0.25) is 0 Å². The zero-order valence-corrected chi connectivity index (χ0v) is 7.22. The molecule has 11 heavy (non-hydrogen) atoms. The smallest absolute Gasteiger partial charge is 0.435 e. The minimum Gasteiger partial charge on any atom is -0.435 e. The Morgan fingerprint density at radius 1 is 1.64 bits per heavy atom. The average Bonchev–Trinajstić information content (AvgIpc) is 1.87. The average molecular weight is 158 g/mol. The van der Waals surface area contributed by atoms with Crippen LogP contribution in [0, 0.1) is 0 Å². The van der Waals surface area contributed by atoms with Crippen LogP contribution in [0.5, 0.6) is 0 Å². The van der Waals surface area contributed by atoms with Gasteiger partial charge in [-0.3, -0.25) is 0 Å². The number of rotatable bonds is 3. The predicted octanol–water partition coefficient (Wildman–Crippen LogP) is 2.12. The van der Waals surface area contributed by atoms with Crippen LogP contribution in [0.2, 0.25) is 0 Å². The minimum absolute atomic E-state index is 0.325. The normalized spacial score (nSPS) is 10.5. The van der Waals surface area contributed by atoms with Crippen molar-refractivity contribution in [3.8, 4) is 0 Å². The molecule has 0 aliphatic rings. The van der Waals surface area contributed by atoms with E-state index in [2.05, 4.69) is 11.3 Å². The van der Waals surface area contributed by atoms with Gasteiger partial charge in [-0.1, -0.05) is 6.58 Å². The van der Waals surface area contributed by atoms with Crippen molar-refractivity contribution in [2.45, 2.75) is 26.4 Å². The summed E-state index contributed by atoms with van der Waals surface area (Å²) in [7, 11) is 0.